The van der Waals surface area contributed by atoms with E-state index in [1.807, 2.05) is 6.07 Å². The van der Waals surface area contributed by atoms with E-state index < -0.39 is 0 Å². The van der Waals surface area contributed by atoms with E-state index in [0.717, 1.165) is 42.1 Å². The van der Waals surface area contributed by atoms with Gasteiger partial charge in [0.1, 0.15) is 5.82 Å². The van der Waals surface area contributed by atoms with Crippen LogP contribution in [0.3, 0.4) is 0 Å². The van der Waals surface area contributed by atoms with Gasteiger partial charge < -0.3 is 10.2 Å². The number of hydrogen-bond acceptors (Lipinski definition) is 2. The standard InChI is InChI=1S/C17H24BrFN2/c18-15-8-7-14(19)11-17(15)21-10-4-9-20-16(12-21)13-5-2-1-3-6-13/h7-8,11,13,16,20H,1-6,9-10,12H2. The fourth-order valence-corrected chi connectivity index (χ4v) is 4.25. The summed E-state index contributed by atoms with van der Waals surface area (Å²) in [6.07, 6.45) is 7.93. The van der Waals surface area contributed by atoms with Gasteiger partial charge in [0, 0.05) is 23.6 Å². The molecule has 1 heterocycles. The maximum Gasteiger partial charge on any atom is 0.125 e. The number of anilines is 1. The lowest BCUT2D eigenvalue weighted by molar-refractivity contribution is 0.277. The summed E-state index contributed by atoms with van der Waals surface area (Å²) in [4.78, 5) is 2.35. The van der Waals surface area contributed by atoms with Crippen molar-refractivity contribution < 1.29 is 4.39 Å². The summed E-state index contributed by atoms with van der Waals surface area (Å²) in [6, 6.07) is 5.54. The second-order valence-electron chi connectivity index (χ2n) is 6.35. The molecule has 1 aromatic carbocycles. The molecule has 1 atom stereocenters. The molecule has 0 amide bonds. The summed E-state index contributed by atoms with van der Waals surface area (Å²) in [5.41, 5.74) is 1.000. The second-order valence-corrected chi connectivity index (χ2v) is 7.21. The molecule has 1 saturated carbocycles. The predicted octanol–water partition coefficient (Wildman–Crippen LogP) is 4.34. The number of nitrogens with one attached hydrogen (secondary N) is 1. The van der Waals surface area contributed by atoms with Crippen LogP contribution in [0.25, 0.3) is 0 Å². The van der Waals surface area contributed by atoms with Crippen LogP contribution in [0.2, 0.25) is 0 Å². The summed E-state index contributed by atoms with van der Waals surface area (Å²) in [5, 5.41) is 3.73. The van der Waals surface area contributed by atoms with Crippen molar-refractivity contribution in [1.29, 1.82) is 0 Å². The smallest absolute Gasteiger partial charge is 0.125 e. The average Bonchev–Trinajstić information content (AvgIpc) is 2.76. The first-order valence-electron chi connectivity index (χ1n) is 8.17. The largest absolute Gasteiger partial charge is 0.369 e. The minimum absolute atomic E-state index is 0.153. The topological polar surface area (TPSA) is 15.3 Å². The molecule has 1 aliphatic carbocycles. The summed E-state index contributed by atoms with van der Waals surface area (Å²) in [5.74, 6) is 0.631. The lowest BCUT2D eigenvalue weighted by Gasteiger charge is -2.34. The SMILES string of the molecule is Fc1ccc(Br)c(N2CCCNC(C3CCCCC3)C2)c1. The van der Waals surface area contributed by atoms with Crippen LogP contribution in [0.15, 0.2) is 22.7 Å². The maximum atomic E-state index is 13.6. The van der Waals surface area contributed by atoms with Crippen LogP contribution >= 0.6 is 15.9 Å². The molecule has 0 aromatic heterocycles. The fraction of sp³-hybridized carbons (Fsp3) is 0.647. The van der Waals surface area contributed by atoms with E-state index in [1.54, 1.807) is 6.07 Å². The first-order chi connectivity index (χ1) is 10.2. The zero-order chi connectivity index (χ0) is 14.7. The average molecular weight is 355 g/mol. The van der Waals surface area contributed by atoms with Gasteiger partial charge in [-0.25, -0.2) is 4.39 Å². The van der Waals surface area contributed by atoms with Crippen molar-refractivity contribution in [2.75, 3.05) is 24.5 Å². The molecule has 1 N–H and O–H groups in total. The molecule has 0 spiro atoms. The van der Waals surface area contributed by atoms with Crippen molar-refractivity contribution in [2.45, 2.75) is 44.6 Å². The van der Waals surface area contributed by atoms with Crippen molar-refractivity contribution in [2.24, 2.45) is 5.92 Å². The summed E-state index contributed by atoms with van der Waals surface area (Å²) >= 11 is 3.58. The first-order valence-corrected chi connectivity index (χ1v) is 8.97. The van der Waals surface area contributed by atoms with Gasteiger partial charge in [-0.1, -0.05) is 19.3 Å². The van der Waals surface area contributed by atoms with Crippen LogP contribution in [0.4, 0.5) is 10.1 Å². The summed E-state index contributed by atoms with van der Waals surface area (Å²) in [6.45, 7) is 3.07. The zero-order valence-corrected chi connectivity index (χ0v) is 14.0. The van der Waals surface area contributed by atoms with Gasteiger partial charge in [0.25, 0.3) is 0 Å². The molecule has 2 aliphatic rings. The molecule has 21 heavy (non-hydrogen) atoms. The van der Waals surface area contributed by atoms with Crippen LogP contribution in [-0.2, 0) is 0 Å². The Morgan fingerprint density at radius 1 is 1.14 bits per heavy atom. The third kappa shape index (κ3) is 3.78. The molecular formula is C17H24BrFN2. The van der Waals surface area contributed by atoms with E-state index in [9.17, 15) is 4.39 Å². The van der Waals surface area contributed by atoms with Gasteiger partial charge >= 0.3 is 0 Å². The minimum atomic E-state index is -0.153. The second kappa shape index (κ2) is 7.10. The normalized spacial score (nSPS) is 24.9. The van der Waals surface area contributed by atoms with Gasteiger partial charge in [0.2, 0.25) is 0 Å². The van der Waals surface area contributed by atoms with E-state index >= 15 is 0 Å². The van der Waals surface area contributed by atoms with Crippen LogP contribution in [0.1, 0.15) is 38.5 Å². The number of nitrogens with zero attached hydrogens (tertiary/aromatic N) is 1. The van der Waals surface area contributed by atoms with Gasteiger partial charge in [0.05, 0.1) is 5.69 Å². The Morgan fingerprint density at radius 3 is 2.76 bits per heavy atom. The Kier molecular flexibility index (Phi) is 5.17. The molecule has 0 bridgehead atoms. The molecule has 0 radical (unpaired) electrons. The van der Waals surface area contributed by atoms with Gasteiger partial charge in [-0.3, -0.25) is 0 Å². The van der Waals surface area contributed by atoms with Crippen molar-refractivity contribution in [3.63, 3.8) is 0 Å². The Balaban J connectivity index is 1.76. The third-order valence-corrected chi connectivity index (χ3v) is 5.57. The molecule has 2 nitrogen and oxygen atoms in total. The Labute approximate surface area is 135 Å². The molecular weight excluding hydrogens is 331 g/mol. The van der Waals surface area contributed by atoms with Crippen molar-refractivity contribution >= 4 is 21.6 Å². The quantitative estimate of drug-likeness (QED) is 0.849. The zero-order valence-electron chi connectivity index (χ0n) is 12.5. The highest BCUT2D eigenvalue weighted by atomic mass is 79.9. The molecule has 1 unspecified atom stereocenters. The van der Waals surface area contributed by atoms with Gasteiger partial charge in [-0.2, -0.15) is 0 Å². The van der Waals surface area contributed by atoms with Gasteiger partial charge in [-0.05, 0) is 65.9 Å². The predicted molar refractivity (Wildman–Crippen MR) is 89.3 cm³/mol. The van der Waals surface area contributed by atoms with Crippen LogP contribution in [-0.4, -0.2) is 25.7 Å². The van der Waals surface area contributed by atoms with Crippen molar-refractivity contribution in [1.82, 2.24) is 5.32 Å². The maximum absolute atomic E-state index is 13.6. The molecule has 4 heteroatoms. The molecule has 2 fully saturated rings. The number of rotatable bonds is 2. The summed E-state index contributed by atoms with van der Waals surface area (Å²) < 4.78 is 14.6. The van der Waals surface area contributed by atoms with E-state index in [2.05, 4.69) is 26.1 Å². The number of hydrogen-bond donors (Lipinski definition) is 1. The lowest BCUT2D eigenvalue weighted by Crippen LogP contribution is -2.43. The van der Waals surface area contributed by atoms with E-state index in [1.165, 1.54) is 38.2 Å². The van der Waals surface area contributed by atoms with Crippen molar-refractivity contribution in [3.05, 3.63) is 28.5 Å². The Hall–Kier alpha value is -0.610. The Bertz CT molecular complexity index is 474. The lowest BCUT2D eigenvalue weighted by atomic mass is 9.83. The van der Waals surface area contributed by atoms with E-state index in [4.69, 9.17) is 0 Å². The van der Waals surface area contributed by atoms with E-state index in [-0.39, 0.29) is 5.82 Å². The summed E-state index contributed by atoms with van der Waals surface area (Å²) in [7, 11) is 0. The fourth-order valence-electron chi connectivity index (χ4n) is 3.75. The first kappa shape index (κ1) is 15.3. The van der Waals surface area contributed by atoms with Crippen LogP contribution in [0.5, 0.6) is 0 Å². The highest BCUT2D eigenvalue weighted by Crippen LogP contribution is 2.31. The monoisotopic (exact) mass is 354 g/mol. The molecule has 1 aromatic rings. The third-order valence-electron chi connectivity index (χ3n) is 4.90. The number of benzene rings is 1. The highest BCUT2D eigenvalue weighted by molar-refractivity contribution is 9.10. The molecule has 1 aliphatic heterocycles. The number of halogens is 2. The van der Waals surface area contributed by atoms with Gasteiger partial charge in [-0.15, -0.1) is 0 Å². The van der Waals surface area contributed by atoms with Crippen LogP contribution in [0, 0.1) is 11.7 Å². The highest BCUT2D eigenvalue weighted by Gasteiger charge is 2.27. The molecule has 116 valence electrons. The van der Waals surface area contributed by atoms with E-state index in [0.29, 0.717) is 6.04 Å². The van der Waals surface area contributed by atoms with Gasteiger partial charge in [0.15, 0.2) is 0 Å². The Morgan fingerprint density at radius 2 is 1.95 bits per heavy atom. The van der Waals surface area contributed by atoms with Crippen molar-refractivity contribution in [3.8, 4) is 0 Å². The molecule has 1 saturated heterocycles. The van der Waals surface area contributed by atoms with Crippen LogP contribution < -0.4 is 10.2 Å². The minimum Gasteiger partial charge on any atom is -0.369 e. The molecule has 3 rings (SSSR count).